The number of methoxy groups -OCH3 is 1. The number of nitrogens with two attached hydrogens (primary N) is 1. The van der Waals surface area contributed by atoms with Crippen molar-refractivity contribution in [3.63, 3.8) is 0 Å². The Labute approximate surface area is 104 Å². The fourth-order valence-corrected chi connectivity index (χ4v) is 1.62. The number of alkyl halides is 1. The van der Waals surface area contributed by atoms with Gasteiger partial charge in [-0.05, 0) is 23.6 Å². The molecule has 0 fully saturated rings. The second-order valence-corrected chi connectivity index (χ2v) is 3.73. The van der Waals surface area contributed by atoms with Gasteiger partial charge in [0, 0.05) is 11.6 Å². The van der Waals surface area contributed by atoms with Gasteiger partial charge in [-0.3, -0.25) is 0 Å². The van der Waals surface area contributed by atoms with E-state index in [0.717, 1.165) is 16.5 Å². The fraction of sp³-hybridized carbons (Fsp3) is 0.167. The molecule has 0 amide bonds. The summed E-state index contributed by atoms with van der Waals surface area (Å²) < 4.78 is 5.20. The molecule has 17 heavy (non-hydrogen) atoms. The number of hydrogen-bond acceptors (Lipinski definition) is 3. The Morgan fingerprint density at radius 3 is 3.00 bits per heavy atom. The van der Waals surface area contributed by atoms with E-state index in [4.69, 9.17) is 22.1 Å². The van der Waals surface area contributed by atoms with E-state index in [9.17, 15) is 0 Å². The third-order valence-electron chi connectivity index (χ3n) is 2.32. The number of amidine groups is 1. The first-order chi connectivity index (χ1) is 8.24. The maximum atomic E-state index is 5.59. The summed E-state index contributed by atoms with van der Waals surface area (Å²) in [6.07, 6.45) is 1.71. The fourth-order valence-electron chi connectivity index (χ4n) is 1.56. The van der Waals surface area contributed by atoms with Gasteiger partial charge < -0.3 is 10.5 Å². The lowest BCUT2D eigenvalue weighted by molar-refractivity contribution is 0.403. The average molecular weight is 250 g/mol. The Morgan fingerprint density at radius 1 is 1.47 bits per heavy atom. The molecule has 1 aromatic carbocycles. The van der Waals surface area contributed by atoms with Crippen LogP contribution in [0.1, 0.15) is 0 Å². The van der Waals surface area contributed by atoms with Crippen molar-refractivity contribution in [2.45, 2.75) is 0 Å². The number of ether oxygens (including phenoxy) is 1. The Kier molecular flexibility index (Phi) is 3.44. The molecular formula is C12H12ClN3O. The normalized spacial score (nSPS) is 11.8. The zero-order valence-electron chi connectivity index (χ0n) is 9.35. The molecule has 4 nitrogen and oxygen atoms in total. The van der Waals surface area contributed by atoms with Crippen molar-refractivity contribution in [2.75, 3.05) is 13.0 Å². The summed E-state index contributed by atoms with van der Waals surface area (Å²) in [6.45, 7) is 0. The van der Waals surface area contributed by atoms with Crippen molar-refractivity contribution in [1.29, 1.82) is 0 Å². The minimum atomic E-state index is 0.211. The van der Waals surface area contributed by atoms with E-state index in [-0.39, 0.29) is 5.88 Å². The smallest absolute Gasteiger partial charge is 0.221 e. The number of aliphatic imine (C=N–C) groups is 1. The SMILES string of the molecule is COc1nccc2ccc(N=C(N)CCl)cc12. The molecule has 0 radical (unpaired) electrons. The molecule has 0 bridgehead atoms. The maximum absolute atomic E-state index is 5.59. The summed E-state index contributed by atoms with van der Waals surface area (Å²) in [7, 11) is 1.59. The highest BCUT2D eigenvalue weighted by Crippen LogP contribution is 2.27. The molecule has 0 spiro atoms. The quantitative estimate of drug-likeness (QED) is 0.516. The third kappa shape index (κ3) is 2.47. The number of benzene rings is 1. The van der Waals surface area contributed by atoms with Gasteiger partial charge in [0.1, 0.15) is 5.84 Å². The molecule has 0 aliphatic heterocycles. The molecule has 0 atom stereocenters. The second-order valence-electron chi connectivity index (χ2n) is 3.46. The van der Waals surface area contributed by atoms with Crippen LogP contribution in [0.5, 0.6) is 5.88 Å². The Balaban J connectivity index is 2.56. The summed E-state index contributed by atoms with van der Waals surface area (Å²) in [5.74, 6) is 1.17. The summed E-state index contributed by atoms with van der Waals surface area (Å²) in [6, 6.07) is 7.61. The monoisotopic (exact) mass is 249 g/mol. The second kappa shape index (κ2) is 5.01. The first kappa shape index (κ1) is 11.7. The molecule has 1 aromatic heterocycles. The van der Waals surface area contributed by atoms with Crippen molar-refractivity contribution in [2.24, 2.45) is 10.7 Å². The molecule has 5 heteroatoms. The van der Waals surface area contributed by atoms with Crippen LogP contribution in [0.15, 0.2) is 35.5 Å². The largest absolute Gasteiger partial charge is 0.481 e. The van der Waals surface area contributed by atoms with E-state index < -0.39 is 0 Å². The minimum absolute atomic E-state index is 0.211. The summed E-state index contributed by atoms with van der Waals surface area (Å²) in [5.41, 5.74) is 6.33. The summed E-state index contributed by atoms with van der Waals surface area (Å²) >= 11 is 5.59. The maximum Gasteiger partial charge on any atom is 0.221 e. The van der Waals surface area contributed by atoms with Gasteiger partial charge in [0.2, 0.25) is 5.88 Å². The van der Waals surface area contributed by atoms with Gasteiger partial charge in [-0.25, -0.2) is 9.98 Å². The summed E-state index contributed by atoms with van der Waals surface area (Å²) in [4.78, 5) is 8.32. The standard InChI is InChI=1S/C12H12ClN3O/c1-17-12-10-6-9(16-11(14)7-13)3-2-8(10)4-5-15-12/h2-6H,7H2,1H3,(H2,14,16). The van der Waals surface area contributed by atoms with E-state index in [2.05, 4.69) is 9.98 Å². The van der Waals surface area contributed by atoms with Crippen LogP contribution >= 0.6 is 11.6 Å². The van der Waals surface area contributed by atoms with Gasteiger partial charge in [0.05, 0.1) is 18.7 Å². The molecule has 0 aliphatic carbocycles. The van der Waals surface area contributed by atoms with Gasteiger partial charge in [-0.2, -0.15) is 0 Å². The highest BCUT2D eigenvalue weighted by molar-refractivity contribution is 6.28. The zero-order chi connectivity index (χ0) is 12.3. The van der Waals surface area contributed by atoms with Gasteiger partial charge in [0.25, 0.3) is 0 Å². The van der Waals surface area contributed by atoms with Crippen molar-refractivity contribution in [1.82, 2.24) is 4.98 Å². The van der Waals surface area contributed by atoms with Crippen LogP contribution in [-0.4, -0.2) is 23.8 Å². The highest BCUT2D eigenvalue weighted by atomic mass is 35.5. The first-order valence-electron chi connectivity index (χ1n) is 5.06. The van der Waals surface area contributed by atoms with Gasteiger partial charge in [-0.15, -0.1) is 11.6 Å². The first-order valence-corrected chi connectivity index (χ1v) is 5.60. The number of fused-ring (bicyclic) bond motifs is 1. The molecule has 88 valence electrons. The van der Waals surface area contributed by atoms with E-state index in [1.165, 1.54) is 0 Å². The van der Waals surface area contributed by atoms with Gasteiger partial charge >= 0.3 is 0 Å². The van der Waals surface area contributed by atoms with Crippen molar-refractivity contribution >= 4 is 33.9 Å². The zero-order valence-corrected chi connectivity index (χ0v) is 10.1. The number of pyridine rings is 1. The molecular weight excluding hydrogens is 238 g/mol. The van der Waals surface area contributed by atoms with Crippen LogP contribution in [0.3, 0.4) is 0 Å². The third-order valence-corrected chi connectivity index (χ3v) is 2.59. The average Bonchev–Trinajstić information content (AvgIpc) is 2.37. The number of aromatic nitrogens is 1. The van der Waals surface area contributed by atoms with E-state index in [1.54, 1.807) is 13.3 Å². The van der Waals surface area contributed by atoms with Crippen LogP contribution in [0.25, 0.3) is 10.8 Å². The van der Waals surface area contributed by atoms with Crippen molar-refractivity contribution < 1.29 is 4.74 Å². The van der Waals surface area contributed by atoms with Crippen LogP contribution in [0.2, 0.25) is 0 Å². The number of hydrogen-bond donors (Lipinski definition) is 1. The predicted molar refractivity (Wildman–Crippen MR) is 70.3 cm³/mol. The Morgan fingerprint density at radius 2 is 2.29 bits per heavy atom. The molecule has 0 unspecified atom stereocenters. The number of nitrogens with zero attached hydrogens (tertiary/aromatic N) is 2. The molecule has 0 aliphatic rings. The van der Waals surface area contributed by atoms with Gasteiger partial charge in [-0.1, -0.05) is 6.07 Å². The van der Waals surface area contributed by atoms with Crippen LogP contribution < -0.4 is 10.5 Å². The highest BCUT2D eigenvalue weighted by Gasteiger charge is 2.03. The molecule has 1 heterocycles. The molecule has 0 saturated carbocycles. The molecule has 2 aromatic rings. The lowest BCUT2D eigenvalue weighted by Crippen LogP contribution is -2.12. The molecule has 0 saturated heterocycles. The van der Waals surface area contributed by atoms with Gasteiger partial charge in [0.15, 0.2) is 0 Å². The van der Waals surface area contributed by atoms with E-state index in [1.807, 2.05) is 24.3 Å². The van der Waals surface area contributed by atoms with E-state index >= 15 is 0 Å². The van der Waals surface area contributed by atoms with Crippen molar-refractivity contribution in [3.8, 4) is 5.88 Å². The van der Waals surface area contributed by atoms with Crippen LogP contribution in [-0.2, 0) is 0 Å². The topological polar surface area (TPSA) is 60.5 Å². The minimum Gasteiger partial charge on any atom is -0.481 e. The number of rotatable bonds is 3. The molecule has 2 rings (SSSR count). The lowest BCUT2D eigenvalue weighted by Gasteiger charge is -2.04. The number of halogens is 1. The Hall–Kier alpha value is -1.81. The van der Waals surface area contributed by atoms with Crippen LogP contribution in [0.4, 0.5) is 5.69 Å². The lowest BCUT2D eigenvalue weighted by atomic mass is 10.1. The van der Waals surface area contributed by atoms with E-state index in [0.29, 0.717) is 11.7 Å². The summed E-state index contributed by atoms with van der Waals surface area (Å²) in [5, 5.41) is 1.94. The van der Waals surface area contributed by atoms with Crippen molar-refractivity contribution in [3.05, 3.63) is 30.5 Å². The molecule has 2 N–H and O–H groups in total. The predicted octanol–water partition coefficient (Wildman–Crippen LogP) is 2.47. The van der Waals surface area contributed by atoms with Crippen LogP contribution in [0, 0.1) is 0 Å². The Bertz CT molecular complexity index is 569.